The molecule has 18 heavy (non-hydrogen) atoms. The second-order valence-electron chi connectivity index (χ2n) is 2.98. The summed E-state index contributed by atoms with van der Waals surface area (Å²) in [4.78, 5) is 2.85. The van der Waals surface area contributed by atoms with Gasteiger partial charge in [-0.2, -0.15) is 5.26 Å². The first-order valence-corrected chi connectivity index (χ1v) is 4.34. The smallest absolute Gasteiger partial charge is 0.403 e. The normalized spacial score (nSPS) is 11.4. The van der Waals surface area contributed by atoms with Gasteiger partial charge in [-0.05, 0) is 0 Å². The van der Waals surface area contributed by atoms with Crippen LogP contribution in [0.15, 0.2) is 6.20 Å². The molecule has 0 saturated carbocycles. The fourth-order valence-corrected chi connectivity index (χ4v) is 1.15. The third-order valence-electron chi connectivity index (χ3n) is 1.79. The zero-order valence-electron chi connectivity index (χ0n) is 8.43. The molecule has 0 bridgehead atoms. The number of ether oxygens (including phenoxy) is 1. The van der Waals surface area contributed by atoms with Crippen molar-refractivity contribution in [2.75, 3.05) is 0 Å². The van der Waals surface area contributed by atoms with Crippen molar-refractivity contribution in [1.29, 1.82) is 5.26 Å². The van der Waals surface area contributed by atoms with E-state index < -0.39 is 42.0 Å². The van der Waals surface area contributed by atoms with Crippen LogP contribution >= 0.6 is 0 Å². The second kappa shape index (κ2) is 5.12. The Bertz CT molecular complexity index is 479. The topological polar surface area (TPSA) is 45.9 Å². The minimum Gasteiger partial charge on any atom is -0.403 e. The van der Waals surface area contributed by atoms with E-state index in [1.54, 1.807) is 0 Å². The van der Waals surface area contributed by atoms with Crippen LogP contribution in [0.1, 0.15) is 17.7 Å². The van der Waals surface area contributed by atoms with Crippen LogP contribution in [-0.2, 0) is 6.42 Å². The molecule has 0 saturated heterocycles. The van der Waals surface area contributed by atoms with Crippen LogP contribution in [-0.4, -0.2) is 11.3 Å². The summed E-state index contributed by atoms with van der Waals surface area (Å²) in [5.74, 6) is -2.78. The number of pyridine rings is 1. The van der Waals surface area contributed by atoms with Crippen LogP contribution in [0.4, 0.5) is 26.3 Å². The van der Waals surface area contributed by atoms with Crippen molar-refractivity contribution >= 4 is 0 Å². The molecule has 1 rings (SSSR count). The lowest BCUT2D eigenvalue weighted by Gasteiger charge is -2.15. The van der Waals surface area contributed by atoms with E-state index in [1.165, 1.54) is 6.07 Å². The van der Waals surface area contributed by atoms with Crippen LogP contribution in [0, 0.1) is 17.1 Å². The maximum absolute atomic E-state index is 13.1. The van der Waals surface area contributed by atoms with E-state index >= 15 is 0 Å². The fraction of sp³-hybridized carbons (Fsp3) is 0.333. The Kier molecular flexibility index (Phi) is 4.00. The second-order valence-corrected chi connectivity index (χ2v) is 2.98. The van der Waals surface area contributed by atoms with Gasteiger partial charge in [-0.15, -0.1) is 13.2 Å². The molecule has 1 aromatic rings. The quantitative estimate of drug-likeness (QED) is 0.793. The van der Waals surface area contributed by atoms with Crippen LogP contribution in [0.3, 0.4) is 0 Å². The van der Waals surface area contributed by atoms with Crippen molar-refractivity contribution in [1.82, 2.24) is 4.98 Å². The summed E-state index contributed by atoms with van der Waals surface area (Å²) in [6.45, 7) is 0. The monoisotopic (exact) mass is 270 g/mol. The zero-order chi connectivity index (χ0) is 13.9. The van der Waals surface area contributed by atoms with Crippen LogP contribution in [0.2, 0.25) is 0 Å². The SMILES string of the molecule is N#CCc1c(F)cnc(C(F)F)c1OC(F)(F)F. The molecule has 9 heteroatoms. The summed E-state index contributed by atoms with van der Waals surface area (Å²) in [5.41, 5.74) is -2.26. The Morgan fingerprint density at radius 3 is 2.44 bits per heavy atom. The van der Waals surface area contributed by atoms with E-state index in [1.807, 2.05) is 0 Å². The lowest BCUT2D eigenvalue weighted by Crippen LogP contribution is -2.20. The number of nitrogens with zero attached hydrogens (tertiary/aromatic N) is 2. The molecule has 0 N–H and O–H groups in total. The minimum absolute atomic E-state index is 0.317. The first-order valence-electron chi connectivity index (χ1n) is 4.34. The highest BCUT2D eigenvalue weighted by Crippen LogP contribution is 2.35. The number of halogens is 6. The van der Waals surface area contributed by atoms with Gasteiger partial charge in [-0.1, -0.05) is 0 Å². The zero-order valence-corrected chi connectivity index (χ0v) is 8.43. The van der Waals surface area contributed by atoms with E-state index in [2.05, 4.69) is 9.72 Å². The molecule has 1 heterocycles. The molecular formula is C9H4F6N2O. The van der Waals surface area contributed by atoms with Gasteiger partial charge in [0.05, 0.1) is 18.7 Å². The number of alkyl halides is 5. The van der Waals surface area contributed by atoms with Gasteiger partial charge < -0.3 is 4.74 Å². The molecule has 0 aromatic carbocycles. The molecule has 0 radical (unpaired) electrons. The Hall–Kier alpha value is -1.98. The minimum atomic E-state index is -5.29. The molecule has 98 valence electrons. The first-order chi connectivity index (χ1) is 8.26. The Morgan fingerprint density at radius 2 is 2.00 bits per heavy atom. The van der Waals surface area contributed by atoms with Gasteiger partial charge in [-0.3, -0.25) is 0 Å². The van der Waals surface area contributed by atoms with Crippen molar-refractivity contribution in [3.63, 3.8) is 0 Å². The average molecular weight is 270 g/mol. The van der Waals surface area contributed by atoms with Gasteiger partial charge in [0.25, 0.3) is 6.43 Å². The number of nitriles is 1. The summed E-state index contributed by atoms with van der Waals surface area (Å²) >= 11 is 0. The van der Waals surface area contributed by atoms with E-state index in [0.29, 0.717) is 6.20 Å². The van der Waals surface area contributed by atoms with Gasteiger partial charge in [0.15, 0.2) is 5.75 Å². The third kappa shape index (κ3) is 3.26. The number of hydrogen-bond donors (Lipinski definition) is 0. The average Bonchev–Trinajstić information content (AvgIpc) is 2.21. The van der Waals surface area contributed by atoms with Crippen LogP contribution in [0.5, 0.6) is 5.75 Å². The van der Waals surface area contributed by atoms with Crippen molar-refractivity contribution in [3.8, 4) is 11.8 Å². The van der Waals surface area contributed by atoms with Crippen molar-refractivity contribution in [3.05, 3.63) is 23.3 Å². The van der Waals surface area contributed by atoms with Crippen molar-refractivity contribution in [2.24, 2.45) is 0 Å². The summed E-state index contributed by atoms with van der Waals surface area (Å²) in [7, 11) is 0. The molecule has 0 aliphatic rings. The Balaban J connectivity index is 3.39. The summed E-state index contributed by atoms with van der Waals surface area (Å²) < 4.78 is 77.5. The standard InChI is InChI=1S/C9H4F6N2O/c10-5-3-17-6(8(11)12)7(4(5)1-2-16)18-9(13,14)15/h3,8H,1H2. The molecule has 0 unspecified atom stereocenters. The first kappa shape index (κ1) is 14.1. The summed E-state index contributed by atoms with van der Waals surface area (Å²) in [6.07, 6.45) is -9.21. The Morgan fingerprint density at radius 1 is 1.39 bits per heavy atom. The number of rotatable bonds is 3. The molecule has 0 spiro atoms. The summed E-state index contributed by atoms with van der Waals surface area (Å²) in [6, 6.07) is 1.36. The lowest BCUT2D eigenvalue weighted by atomic mass is 10.1. The van der Waals surface area contributed by atoms with E-state index in [4.69, 9.17) is 5.26 Å². The molecule has 0 amide bonds. The van der Waals surface area contributed by atoms with Gasteiger partial charge in [-0.25, -0.2) is 18.2 Å². The third-order valence-corrected chi connectivity index (χ3v) is 1.79. The van der Waals surface area contributed by atoms with Crippen molar-refractivity contribution < 1.29 is 31.1 Å². The van der Waals surface area contributed by atoms with Gasteiger partial charge >= 0.3 is 6.36 Å². The van der Waals surface area contributed by atoms with Crippen LogP contribution < -0.4 is 4.74 Å². The highest BCUT2D eigenvalue weighted by atomic mass is 19.4. The highest BCUT2D eigenvalue weighted by molar-refractivity contribution is 5.40. The summed E-state index contributed by atoms with van der Waals surface area (Å²) in [5, 5.41) is 8.34. The van der Waals surface area contributed by atoms with Gasteiger partial charge in [0.2, 0.25) is 0 Å². The van der Waals surface area contributed by atoms with E-state index in [-0.39, 0.29) is 0 Å². The van der Waals surface area contributed by atoms with Gasteiger partial charge in [0.1, 0.15) is 11.5 Å². The lowest BCUT2D eigenvalue weighted by molar-refractivity contribution is -0.275. The molecule has 0 aliphatic carbocycles. The van der Waals surface area contributed by atoms with Gasteiger partial charge in [0, 0.05) is 5.56 Å². The van der Waals surface area contributed by atoms with E-state index in [0.717, 1.165) is 0 Å². The molecule has 0 fully saturated rings. The predicted molar refractivity (Wildman–Crippen MR) is 45.2 cm³/mol. The highest BCUT2D eigenvalue weighted by Gasteiger charge is 2.36. The predicted octanol–water partition coefficient (Wildman–Crippen LogP) is 3.12. The number of hydrogen-bond acceptors (Lipinski definition) is 3. The Labute approximate surface area is 96.6 Å². The van der Waals surface area contributed by atoms with E-state index in [9.17, 15) is 26.3 Å². The number of aromatic nitrogens is 1. The molecular weight excluding hydrogens is 266 g/mol. The van der Waals surface area contributed by atoms with Crippen LogP contribution in [0.25, 0.3) is 0 Å². The molecule has 1 aromatic heterocycles. The molecule has 0 aliphatic heterocycles. The fourth-order valence-electron chi connectivity index (χ4n) is 1.15. The molecule has 3 nitrogen and oxygen atoms in total. The maximum Gasteiger partial charge on any atom is 0.573 e. The largest absolute Gasteiger partial charge is 0.573 e. The van der Waals surface area contributed by atoms with Crippen molar-refractivity contribution in [2.45, 2.75) is 19.2 Å². The maximum atomic E-state index is 13.1. The molecule has 0 atom stereocenters.